The van der Waals surface area contributed by atoms with Crippen molar-refractivity contribution in [3.05, 3.63) is 58.4 Å². The van der Waals surface area contributed by atoms with Gasteiger partial charge in [0.05, 0.1) is 0 Å². The summed E-state index contributed by atoms with van der Waals surface area (Å²) in [5.41, 5.74) is 4.74. The van der Waals surface area contributed by atoms with Crippen molar-refractivity contribution in [2.24, 2.45) is 0 Å². The number of benzene rings is 1. The lowest BCUT2D eigenvalue weighted by Crippen LogP contribution is -2.13. The van der Waals surface area contributed by atoms with Gasteiger partial charge >= 0.3 is 0 Å². The Balaban J connectivity index is 1.94. The van der Waals surface area contributed by atoms with Crippen LogP contribution in [-0.4, -0.2) is 35.3 Å². The quantitative estimate of drug-likeness (QED) is 0.345. The van der Waals surface area contributed by atoms with Crippen molar-refractivity contribution in [3.8, 4) is 11.8 Å². The molecule has 8 nitrogen and oxygen atoms in total. The normalized spacial score (nSPS) is 11.9. The maximum absolute atomic E-state index is 12.6. The molecule has 0 spiro atoms. The fourth-order valence-electron chi connectivity index (χ4n) is 3.21. The summed E-state index contributed by atoms with van der Waals surface area (Å²) in [7, 11) is -3.52. The van der Waals surface area contributed by atoms with E-state index in [-0.39, 0.29) is 15.0 Å². The molecule has 0 aliphatic carbocycles. The van der Waals surface area contributed by atoms with Crippen LogP contribution >= 0.6 is 11.3 Å². The van der Waals surface area contributed by atoms with Crippen LogP contribution in [0.25, 0.3) is 11.8 Å². The largest absolute Gasteiger partial charge is 0.318 e. The summed E-state index contributed by atoms with van der Waals surface area (Å²) in [4.78, 5) is 12.6. The van der Waals surface area contributed by atoms with Crippen LogP contribution in [0.4, 0.5) is 5.13 Å². The highest BCUT2D eigenvalue weighted by atomic mass is 32.2. The van der Waals surface area contributed by atoms with Gasteiger partial charge in [-0.1, -0.05) is 36.5 Å². The van der Waals surface area contributed by atoms with Gasteiger partial charge < -0.3 is 4.57 Å². The molecule has 160 valence electrons. The van der Waals surface area contributed by atoms with Gasteiger partial charge in [0.25, 0.3) is 5.91 Å². The van der Waals surface area contributed by atoms with Gasteiger partial charge in [-0.2, -0.15) is 5.26 Å². The molecule has 3 rings (SSSR count). The highest BCUT2D eigenvalue weighted by Crippen LogP contribution is 2.26. The molecule has 1 aromatic carbocycles. The Labute approximate surface area is 184 Å². The van der Waals surface area contributed by atoms with Gasteiger partial charge in [0, 0.05) is 23.3 Å². The van der Waals surface area contributed by atoms with E-state index < -0.39 is 15.7 Å². The minimum Gasteiger partial charge on any atom is -0.318 e. The number of carbonyl (C=O) groups is 1. The number of nitrogens with zero attached hydrogens (tertiary/aromatic N) is 4. The number of amides is 1. The molecule has 0 radical (unpaired) electrons. The molecule has 0 fully saturated rings. The van der Waals surface area contributed by atoms with Crippen molar-refractivity contribution < 1.29 is 13.2 Å². The van der Waals surface area contributed by atoms with E-state index in [0.717, 1.165) is 46.7 Å². The van der Waals surface area contributed by atoms with E-state index in [2.05, 4.69) is 33.1 Å². The van der Waals surface area contributed by atoms with Gasteiger partial charge in [-0.25, -0.2) is 8.42 Å². The van der Waals surface area contributed by atoms with E-state index >= 15 is 0 Å². The Kier molecular flexibility index (Phi) is 6.38. The van der Waals surface area contributed by atoms with Crippen molar-refractivity contribution in [1.82, 2.24) is 14.8 Å². The maximum atomic E-state index is 12.6. The van der Waals surface area contributed by atoms with Crippen LogP contribution < -0.4 is 5.32 Å². The molecule has 2 heterocycles. The molecule has 0 unspecified atom stereocenters. The van der Waals surface area contributed by atoms with Crippen LogP contribution in [0, 0.1) is 25.2 Å². The van der Waals surface area contributed by atoms with Crippen LogP contribution in [0.15, 0.2) is 40.2 Å². The average Bonchev–Trinajstić information content (AvgIpc) is 3.30. The standard InChI is InChI=1S/C21H21N5O3S2/c1-5-15-8-6-7-9-18(15)26-13(2)10-16(14(26)3)11-17(12-22)19(27)23-20-24-25-21(30-20)31(4,28)29/h6-11H,5H2,1-4H3,(H,23,24,27). The van der Waals surface area contributed by atoms with Gasteiger partial charge in [-0.05, 0) is 49.6 Å². The van der Waals surface area contributed by atoms with E-state index in [0.29, 0.717) is 0 Å². The molecule has 1 N–H and O–H groups in total. The third-order valence-corrected chi connectivity index (χ3v) is 7.20. The second kappa shape index (κ2) is 8.83. The highest BCUT2D eigenvalue weighted by molar-refractivity contribution is 7.92. The molecule has 0 saturated carbocycles. The molecule has 0 aliphatic rings. The van der Waals surface area contributed by atoms with E-state index in [9.17, 15) is 18.5 Å². The lowest BCUT2D eigenvalue weighted by Gasteiger charge is -2.14. The van der Waals surface area contributed by atoms with Crippen LogP contribution in [0.1, 0.15) is 29.4 Å². The maximum Gasteiger partial charge on any atom is 0.268 e. The highest BCUT2D eigenvalue weighted by Gasteiger charge is 2.19. The predicted molar refractivity (Wildman–Crippen MR) is 120 cm³/mol. The number of hydrogen-bond acceptors (Lipinski definition) is 7. The van der Waals surface area contributed by atoms with E-state index in [1.54, 1.807) is 0 Å². The third-order valence-electron chi connectivity index (χ3n) is 4.69. The Morgan fingerprint density at radius 2 is 2.00 bits per heavy atom. The first-order chi connectivity index (χ1) is 14.7. The fourth-order valence-corrected chi connectivity index (χ4v) is 4.71. The molecular formula is C21H21N5O3S2. The third kappa shape index (κ3) is 4.73. The van der Waals surface area contributed by atoms with Crippen molar-refractivity contribution >= 4 is 38.3 Å². The molecule has 0 saturated heterocycles. The summed E-state index contributed by atoms with van der Waals surface area (Å²) >= 11 is 0.731. The van der Waals surface area contributed by atoms with E-state index in [4.69, 9.17) is 0 Å². The van der Waals surface area contributed by atoms with E-state index in [1.165, 1.54) is 11.6 Å². The first-order valence-electron chi connectivity index (χ1n) is 9.39. The van der Waals surface area contributed by atoms with E-state index in [1.807, 2.05) is 44.2 Å². The number of aromatic nitrogens is 3. The Morgan fingerprint density at radius 1 is 1.29 bits per heavy atom. The predicted octanol–water partition coefficient (Wildman–Crippen LogP) is 3.46. The summed E-state index contributed by atoms with van der Waals surface area (Å²) in [6, 6.07) is 11.9. The molecular weight excluding hydrogens is 434 g/mol. The van der Waals surface area contributed by atoms with Gasteiger partial charge in [0.2, 0.25) is 19.3 Å². The molecule has 31 heavy (non-hydrogen) atoms. The molecule has 1 amide bonds. The van der Waals surface area contributed by atoms with Gasteiger partial charge in [-0.15, -0.1) is 10.2 Å². The number of sulfone groups is 1. The zero-order valence-corrected chi connectivity index (χ0v) is 19.1. The van der Waals surface area contributed by atoms with Crippen LogP contribution in [0.2, 0.25) is 0 Å². The van der Waals surface area contributed by atoms with Crippen LogP contribution in [-0.2, 0) is 21.1 Å². The number of hydrogen-bond donors (Lipinski definition) is 1. The number of aryl methyl sites for hydroxylation is 2. The molecule has 10 heteroatoms. The summed E-state index contributed by atoms with van der Waals surface area (Å²) in [6.07, 6.45) is 3.40. The number of nitriles is 1. The number of rotatable bonds is 6. The number of carbonyl (C=O) groups excluding carboxylic acids is 1. The second-order valence-corrected chi connectivity index (χ2v) is 10.1. The SMILES string of the molecule is CCc1ccccc1-n1c(C)cc(C=C(C#N)C(=O)Nc2nnc(S(C)(=O)=O)s2)c1C. The van der Waals surface area contributed by atoms with Crippen LogP contribution in [0.3, 0.4) is 0 Å². The zero-order valence-electron chi connectivity index (χ0n) is 17.5. The van der Waals surface area contributed by atoms with Gasteiger partial charge in [0.15, 0.2) is 0 Å². The van der Waals surface area contributed by atoms with Gasteiger partial charge in [0.1, 0.15) is 11.6 Å². The fraction of sp³-hybridized carbons (Fsp3) is 0.238. The molecule has 3 aromatic rings. The van der Waals surface area contributed by atoms with Crippen molar-refractivity contribution in [3.63, 3.8) is 0 Å². The zero-order chi connectivity index (χ0) is 22.8. The first kappa shape index (κ1) is 22.4. The number of anilines is 1. The van der Waals surface area contributed by atoms with Crippen molar-refractivity contribution in [1.29, 1.82) is 5.26 Å². The Hall–Kier alpha value is -3.29. The summed E-state index contributed by atoms with van der Waals surface area (Å²) in [5.74, 6) is -0.683. The lowest BCUT2D eigenvalue weighted by atomic mass is 10.1. The smallest absolute Gasteiger partial charge is 0.268 e. The molecule has 0 aliphatic heterocycles. The van der Waals surface area contributed by atoms with Gasteiger partial charge in [-0.3, -0.25) is 10.1 Å². The molecule has 2 aromatic heterocycles. The van der Waals surface area contributed by atoms with Crippen molar-refractivity contribution in [2.45, 2.75) is 31.5 Å². The summed E-state index contributed by atoms with van der Waals surface area (Å²) < 4.78 is 24.9. The number of nitrogens with one attached hydrogen (secondary N) is 1. The summed E-state index contributed by atoms with van der Waals surface area (Å²) in [6.45, 7) is 5.99. The minimum atomic E-state index is -3.52. The second-order valence-electron chi connectivity index (χ2n) is 6.91. The van der Waals surface area contributed by atoms with Crippen molar-refractivity contribution in [2.75, 3.05) is 11.6 Å². The first-order valence-corrected chi connectivity index (χ1v) is 12.1. The summed E-state index contributed by atoms with van der Waals surface area (Å²) in [5, 5.41) is 19.2. The topological polar surface area (TPSA) is 118 Å². The Morgan fingerprint density at radius 3 is 2.61 bits per heavy atom. The monoisotopic (exact) mass is 455 g/mol. The molecule has 0 bridgehead atoms. The van der Waals surface area contributed by atoms with Crippen LogP contribution in [0.5, 0.6) is 0 Å². The Bertz CT molecular complexity index is 1330. The average molecular weight is 456 g/mol. The lowest BCUT2D eigenvalue weighted by molar-refractivity contribution is -0.112. The number of para-hydroxylation sites is 1. The molecule has 0 atom stereocenters. The minimum absolute atomic E-state index is 0.00826.